The Balaban J connectivity index is 2.66. The van der Waals surface area contributed by atoms with E-state index in [0.717, 1.165) is 23.7 Å². The van der Waals surface area contributed by atoms with Gasteiger partial charge in [0.05, 0.1) is 0 Å². The van der Waals surface area contributed by atoms with Crippen molar-refractivity contribution in [3.63, 3.8) is 0 Å². The molecule has 0 heterocycles. The van der Waals surface area contributed by atoms with Gasteiger partial charge in [0.2, 0.25) is 0 Å². The van der Waals surface area contributed by atoms with Crippen LogP contribution in [-0.2, 0) is 0 Å². The third-order valence-corrected chi connectivity index (χ3v) is 5.09. The van der Waals surface area contributed by atoms with Crippen LogP contribution in [0.1, 0.15) is 60.8 Å². The molecule has 0 aromatic rings. The molecule has 0 bridgehead atoms. The molecule has 0 aromatic heterocycles. The second-order valence-electron chi connectivity index (χ2n) is 6.20. The van der Waals surface area contributed by atoms with Crippen molar-refractivity contribution in [2.24, 2.45) is 29.1 Å². The van der Waals surface area contributed by atoms with Gasteiger partial charge in [-0.1, -0.05) is 48.0 Å². The first-order valence-corrected chi connectivity index (χ1v) is 6.40. The fraction of sp³-hybridized carbons (Fsp3) is 1.00. The fourth-order valence-electron chi connectivity index (χ4n) is 3.44. The van der Waals surface area contributed by atoms with E-state index in [2.05, 4.69) is 41.5 Å². The SMILES string of the molecule is CCC(C)CC1(C)CC(C)C(C)C1C. The molecule has 1 saturated carbocycles. The highest BCUT2D eigenvalue weighted by Crippen LogP contribution is 2.53. The van der Waals surface area contributed by atoms with Crippen molar-refractivity contribution in [3.05, 3.63) is 0 Å². The lowest BCUT2D eigenvalue weighted by Crippen LogP contribution is -2.24. The topological polar surface area (TPSA) is 0 Å². The maximum absolute atomic E-state index is 2.52. The molecule has 0 heteroatoms. The summed E-state index contributed by atoms with van der Waals surface area (Å²) in [7, 11) is 0. The highest BCUT2D eigenvalue weighted by Gasteiger charge is 2.44. The van der Waals surface area contributed by atoms with Gasteiger partial charge < -0.3 is 0 Å². The Labute approximate surface area is 90.5 Å². The van der Waals surface area contributed by atoms with Crippen LogP contribution in [0, 0.1) is 29.1 Å². The summed E-state index contributed by atoms with van der Waals surface area (Å²) in [5.41, 5.74) is 0.619. The molecule has 1 rings (SSSR count). The van der Waals surface area contributed by atoms with Gasteiger partial charge in [-0.2, -0.15) is 0 Å². The summed E-state index contributed by atoms with van der Waals surface area (Å²) >= 11 is 0. The number of rotatable bonds is 3. The highest BCUT2D eigenvalue weighted by molar-refractivity contribution is 4.93. The molecule has 1 aliphatic rings. The fourth-order valence-corrected chi connectivity index (χ4v) is 3.44. The molecule has 14 heavy (non-hydrogen) atoms. The molecule has 0 aliphatic heterocycles. The average molecular weight is 196 g/mol. The van der Waals surface area contributed by atoms with E-state index >= 15 is 0 Å². The van der Waals surface area contributed by atoms with E-state index in [9.17, 15) is 0 Å². The minimum atomic E-state index is 0.619. The molecular weight excluding hydrogens is 168 g/mol. The van der Waals surface area contributed by atoms with Crippen LogP contribution in [0.4, 0.5) is 0 Å². The van der Waals surface area contributed by atoms with Crippen LogP contribution < -0.4 is 0 Å². The third-order valence-electron chi connectivity index (χ3n) is 5.09. The van der Waals surface area contributed by atoms with Gasteiger partial charge in [-0.15, -0.1) is 0 Å². The summed E-state index contributed by atoms with van der Waals surface area (Å²) in [4.78, 5) is 0. The molecule has 0 spiro atoms. The first-order chi connectivity index (χ1) is 6.40. The van der Waals surface area contributed by atoms with E-state index in [1.54, 1.807) is 0 Å². The first kappa shape index (κ1) is 12.1. The van der Waals surface area contributed by atoms with Gasteiger partial charge in [-0.25, -0.2) is 0 Å². The quantitative estimate of drug-likeness (QED) is 0.611. The van der Waals surface area contributed by atoms with E-state index in [1.165, 1.54) is 19.3 Å². The van der Waals surface area contributed by atoms with Crippen LogP contribution in [-0.4, -0.2) is 0 Å². The van der Waals surface area contributed by atoms with Crippen molar-refractivity contribution in [2.75, 3.05) is 0 Å². The lowest BCUT2D eigenvalue weighted by Gasteiger charge is -2.33. The third kappa shape index (κ3) is 2.15. The van der Waals surface area contributed by atoms with Crippen LogP contribution in [0.15, 0.2) is 0 Å². The molecule has 1 aliphatic carbocycles. The van der Waals surface area contributed by atoms with Crippen LogP contribution in [0.5, 0.6) is 0 Å². The molecule has 0 radical (unpaired) electrons. The van der Waals surface area contributed by atoms with Crippen molar-refractivity contribution < 1.29 is 0 Å². The van der Waals surface area contributed by atoms with Crippen LogP contribution in [0.2, 0.25) is 0 Å². The lowest BCUT2D eigenvalue weighted by molar-refractivity contribution is 0.169. The van der Waals surface area contributed by atoms with Gasteiger partial charge in [0.25, 0.3) is 0 Å². The van der Waals surface area contributed by atoms with Crippen molar-refractivity contribution in [2.45, 2.75) is 60.8 Å². The van der Waals surface area contributed by atoms with Crippen molar-refractivity contribution in [1.82, 2.24) is 0 Å². The zero-order valence-electron chi connectivity index (χ0n) is 10.9. The Morgan fingerprint density at radius 2 is 1.86 bits per heavy atom. The predicted octanol–water partition coefficient (Wildman–Crippen LogP) is 4.74. The minimum absolute atomic E-state index is 0.619. The molecule has 1 fully saturated rings. The summed E-state index contributed by atoms with van der Waals surface area (Å²) in [5, 5.41) is 0. The predicted molar refractivity (Wildman–Crippen MR) is 64.3 cm³/mol. The molecule has 5 unspecified atom stereocenters. The zero-order chi connectivity index (χ0) is 10.9. The maximum Gasteiger partial charge on any atom is -0.0292 e. The number of hydrogen-bond acceptors (Lipinski definition) is 0. The Morgan fingerprint density at radius 1 is 1.29 bits per heavy atom. The molecule has 0 aromatic carbocycles. The molecule has 5 atom stereocenters. The van der Waals surface area contributed by atoms with E-state index < -0.39 is 0 Å². The smallest absolute Gasteiger partial charge is 0.0292 e. The van der Waals surface area contributed by atoms with Gasteiger partial charge in [-0.05, 0) is 41.9 Å². The van der Waals surface area contributed by atoms with Gasteiger partial charge in [0.15, 0.2) is 0 Å². The van der Waals surface area contributed by atoms with E-state index in [1.807, 2.05) is 0 Å². The van der Waals surface area contributed by atoms with Crippen molar-refractivity contribution in [3.8, 4) is 0 Å². The summed E-state index contributed by atoms with van der Waals surface area (Å²) < 4.78 is 0. The Morgan fingerprint density at radius 3 is 2.21 bits per heavy atom. The average Bonchev–Trinajstić information content (AvgIpc) is 2.30. The molecule has 0 saturated heterocycles. The first-order valence-electron chi connectivity index (χ1n) is 6.40. The Bertz CT molecular complexity index is 184. The summed E-state index contributed by atoms with van der Waals surface area (Å²) in [6, 6.07) is 0. The largest absolute Gasteiger partial charge is 0.0651 e. The van der Waals surface area contributed by atoms with Crippen molar-refractivity contribution >= 4 is 0 Å². The lowest BCUT2D eigenvalue weighted by atomic mass is 9.72. The van der Waals surface area contributed by atoms with Crippen LogP contribution in [0.25, 0.3) is 0 Å². The number of hydrogen-bond donors (Lipinski definition) is 0. The molecule has 0 N–H and O–H groups in total. The summed E-state index contributed by atoms with van der Waals surface area (Å²) in [5.74, 6) is 3.66. The Kier molecular flexibility index (Phi) is 3.66. The van der Waals surface area contributed by atoms with E-state index in [0.29, 0.717) is 5.41 Å². The van der Waals surface area contributed by atoms with Gasteiger partial charge in [-0.3, -0.25) is 0 Å². The van der Waals surface area contributed by atoms with Crippen LogP contribution >= 0.6 is 0 Å². The molecule has 0 nitrogen and oxygen atoms in total. The van der Waals surface area contributed by atoms with Crippen LogP contribution in [0.3, 0.4) is 0 Å². The summed E-state index contributed by atoms with van der Waals surface area (Å²) in [6.45, 7) is 14.6. The standard InChI is InChI=1S/C14H28/c1-7-10(2)8-14(6)9-11(3)12(4)13(14)5/h10-13H,7-9H2,1-6H3. The highest BCUT2D eigenvalue weighted by atomic mass is 14.5. The van der Waals surface area contributed by atoms with E-state index in [4.69, 9.17) is 0 Å². The maximum atomic E-state index is 2.52. The van der Waals surface area contributed by atoms with Crippen molar-refractivity contribution in [1.29, 1.82) is 0 Å². The second-order valence-corrected chi connectivity index (χ2v) is 6.20. The Hall–Kier alpha value is 0. The normalized spacial score (nSPS) is 45.4. The van der Waals surface area contributed by atoms with Gasteiger partial charge in [0, 0.05) is 0 Å². The second kappa shape index (κ2) is 4.24. The zero-order valence-corrected chi connectivity index (χ0v) is 10.9. The minimum Gasteiger partial charge on any atom is -0.0651 e. The monoisotopic (exact) mass is 196 g/mol. The summed E-state index contributed by atoms with van der Waals surface area (Å²) in [6.07, 6.45) is 4.21. The molecular formula is C14H28. The van der Waals surface area contributed by atoms with Gasteiger partial charge >= 0.3 is 0 Å². The van der Waals surface area contributed by atoms with Gasteiger partial charge in [0.1, 0.15) is 0 Å². The molecule has 0 amide bonds. The van der Waals surface area contributed by atoms with E-state index in [-0.39, 0.29) is 0 Å². The molecule has 84 valence electrons.